The normalized spacial score (nSPS) is 24.4. The van der Waals surface area contributed by atoms with E-state index in [2.05, 4.69) is 10.2 Å². The molecule has 0 bridgehead atoms. The van der Waals surface area contributed by atoms with E-state index in [0.717, 1.165) is 52.0 Å². The smallest absolute Gasteiger partial charge is 0.412 e. The van der Waals surface area contributed by atoms with E-state index in [9.17, 15) is 9.59 Å². The summed E-state index contributed by atoms with van der Waals surface area (Å²) in [6.45, 7) is 9.03. The van der Waals surface area contributed by atoms with Gasteiger partial charge in [0.1, 0.15) is 11.3 Å². The van der Waals surface area contributed by atoms with Crippen LogP contribution in [0.3, 0.4) is 0 Å². The van der Waals surface area contributed by atoms with Crippen molar-refractivity contribution in [2.24, 2.45) is 0 Å². The van der Waals surface area contributed by atoms with Gasteiger partial charge < -0.3 is 14.0 Å². The molecule has 150 valence electrons. The number of amides is 1. The number of hydrogen-bond acceptors (Lipinski definition) is 5. The van der Waals surface area contributed by atoms with Crippen LogP contribution in [0.4, 0.5) is 10.5 Å². The quantitative estimate of drug-likeness (QED) is 0.877. The number of pyridine rings is 1. The highest BCUT2D eigenvalue weighted by molar-refractivity contribution is 5.84. The van der Waals surface area contributed by atoms with Crippen molar-refractivity contribution >= 4 is 11.8 Å². The molecule has 0 spiro atoms. The van der Waals surface area contributed by atoms with Gasteiger partial charge >= 0.3 is 6.09 Å². The molecule has 2 aliphatic rings. The van der Waals surface area contributed by atoms with E-state index in [-0.39, 0.29) is 17.3 Å². The Morgan fingerprint density at radius 3 is 2.41 bits per heavy atom. The maximum atomic E-state index is 12.8. The number of anilines is 1. The molecule has 3 rings (SSSR count). The largest absolute Gasteiger partial charge is 0.444 e. The molecule has 1 aromatic rings. The van der Waals surface area contributed by atoms with E-state index in [1.54, 1.807) is 31.4 Å². The van der Waals surface area contributed by atoms with Crippen molar-refractivity contribution in [1.29, 1.82) is 0 Å². The molecule has 1 N–H and O–H groups in total. The second-order valence-electron chi connectivity index (χ2n) is 8.37. The molecule has 0 unspecified atom stereocenters. The topological polar surface area (TPSA) is 72.8 Å². The van der Waals surface area contributed by atoms with E-state index in [1.165, 1.54) is 0 Å². The summed E-state index contributed by atoms with van der Waals surface area (Å²) in [5, 5.41) is 2.59. The Morgan fingerprint density at radius 2 is 1.78 bits per heavy atom. The highest BCUT2D eigenvalue weighted by Gasteiger charge is 2.28. The molecule has 0 atom stereocenters. The van der Waals surface area contributed by atoms with Gasteiger partial charge in [0, 0.05) is 31.4 Å². The molecule has 1 saturated carbocycles. The van der Waals surface area contributed by atoms with Crippen molar-refractivity contribution < 1.29 is 14.3 Å². The van der Waals surface area contributed by atoms with Gasteiger partial charge in [-0.15, -0.1) is 0 Å². The van der Waals surface area contributed by atoms with Crippen molar-refractivity contribution in [2.75, 3.05) is 31.6 Å². The van der Waals surface area contributed by atoms with Crippen LogP contribution in [0.5, 0.6) is 0 Å². The van der Waals surface area contributed by atoms with Crippen LogP contribution in [0.2, 0.25) is 0 Å². The van der Waals surface area contributed by atoms with E-state index >= 15 is 0 Å². The third-order valence-electron chi connectivity index (χ3n) is 5.23. The number of nitrogens with zero attached hydrogens (tertiary/aromatic N) is 2. The van der Waals surface area contributed by atoms with Gasteiger partial charge in [-0.25, -0.2) is 4.79 Å². The van der Waals surface area contributed by atoms with Crippen molar-refractivity contribution in [3.63, 3.8) is 0 Å². The van der Waals surface area contributed by atoms with Gasteiger partial charge in [-0.2, -0.15) is 0 Å². The first-order valence-corrected chi connectivity index (χ1v) is 9.86. The highest BCUT2D eigenvalue weighted by Crippen LogP contribution is 2.30. The molecule has 27 heavy (non-hydrogen) atoms. The van der Waals surface area contributed by atoms with Crippen molar-refractivity contribution in [1.82, 2.24) is 9.47 Å². The molecule has 0 aromatic carbocycles. The van der Waals surface area contributed by atoms with Crippen LogP contribution < -0.4 is 10.9 Å². The lowest BCUT2D eigenvalue weighted by Gasteiger charge is -2.39. The maximum absolute atomic E-state index is 12.8. The molecule has 1 aromatic heterocycles. The Bertz CT molecular complexity index is 696. The summed E-state index contributed by atoms with van der Waals surface area (Å²) in [6.07, 6.45) is 5.33. The molecular weight excluding hydrogens is 346 g/mol. The van der Waals surface area contributed by atoms with E-state index in [1.807, 2.05) is 12.3 Å². The predicted molar refractivity (Wildman–Crippen MR) is 104 cm³/mol. The third kappa shape index (κ3) is 5.32. The average molecular weight is 377 g/mol. The molecule has 7 heteroatoms. The van der Waals surface area contributed by atoms with Gasteiger partial charge in [-0.3, -0.25) is 15.0 Å². The van der Waals surface area contributed by atoms with Crippen molar-refractivity contribution in [2.45, 2.75) is 64.1 Å². The lowest BCUT2D eigenvalue weighted by molar-refractivity contribution is 0.00535. The van der Waals surface area contributed by atoms with E-state index < -0.39 is 11.7 Å². The number of morpholine rings is 1. The Morgan fingerprint density at radius 1 is 1.15 bits per heavy atom. The van der Waals surface area contributed by atoms with Crippen LogP contribution in [-0.2, 0) is 9.47 Å². The lowest BCUT2D eigenvalue weighted by atomic mass is 9.89. The zero-order chi connectivity index (χ0) is 19.4. The summed E-state index contributed by atoms with van der Waals surface area (Å²) in [6, 6.07) is 4.20. The molecule has 2 heterocycles. The molecule has 7 nitrogen and oxygen atoms in total. The number of nitrogens with one attached hydrogen (secondary N) is 1. The molecule has 1 aliphatic heterocycles. The van der Waals surface area contributed by atoms with Crippen LogP contribution in [0.15, 0.2) is 23.1 Å². The zero-order valence-electron chi connectivity index (χ0n) is 16.6. The highest BCUT2D eigenvalue weighted by atomic mass is 16.6. The Hall–Kier alpha value is -1.86. The van der Waals surface area contributed by atoms with Crippen molar-refractivity contribution in [3.8, 4) is 0 Å². The number of carbonyl (C=O) groups excluding carboxylic acids is 1. The minimum absolute atomic E-state index is 0.168. The first kappa shape index (κ1) is 19.9. The summed E-state index contributed by atoms with van der Waals surface area (Å²) in [5.74, 6) is 0. The Kier molecular flexibility index (Phi) is 6.22. The number of ether oxygens (including phenoxy) is 2. The monoisotopic (exact) mass is 377 g/mol. The molecule has 1 saturated heterocycles. The number of carbonyl (C=O) groups is 1. The van der Waals surface area contributed by atoms with Gasteiger partial charge in [0.25, 0.3) is 5.56 Å². The standard InChI is InChI=1S/C20H31N3O4/c1-20(2,3)27-19(25)21-17-5-4-10-23(18(17)24)16-8-6-15(7-9-16)22-11-13-26-14-12-22/h4-5,10,15-16H,6-9,11-14H2,1-3H3,(H,21,25)/t15-,16+. The number of rotatable bonds is 3. The van der Waals surface area contributed by atoms with Crippen LogP contribution in [0, 0.1) is 0 Å². The fourth-order valence-electron chi connectivity index (χ4n) is 3.95. The number of hydrogen-bond donors (Lipinski definition) is 1. The Labute approximate surface area is 160 Å². The molecule has 2 fully saturated rings. The van der Waals surface area contributed by atoms with Gasteiger partial charge in [-0.1, -0.05) is 0 Å². The minimum atomic E-state index is -0.603. The molecular formula is C20H31N3O4. The van der Waals surface area contributed by atoms with Crippen LogP contribution in [-0.4, -0.2) is 53.5 Å². The van der Waals surface area contributed by atoms with Crippen molar-refractivity contribution in [3.05, 3.63) is 28.7 Å². The van der Waals surface area contributed by atoms with Gasteiger partial charge in [-0.05, 0) is 58.6 Å². The summed E-state index contributed by atoms with van der Waals surface area (Å²) in [7, 11) is 0. The predicted octanol–water partition coefficient (Wildman–Crippen LogP) is 3.01. The second-order valence-corrected chi connectivity index (χ2v) is 8.37. The third-order valence-corrected chi connectivity index (χ3v) is 5.23. The fourth-order valence-corrected chi connectivity index (χ4v) is 3.95. The second kappa shape index (κ2) is 8.44. The van der Waals surface area contributed by atoms with Gasteiger partial charge in [0.2, 0.25) is 0 Å². The number of aromatic nitrogens is 1. The van der Waals surface area contributed by atoms with E-state index in [0.29, 0.717) is 6.04 Å². The maximum Gasteiger partial charge on any atom is 0.412 e. The molecule has 1 amide bonds. The van der Waals surface area contributed by atoms with Crippen LogP contribution >= 0.6 is 0 Å². The summed E-state index contributed by atoms with van der Waals surface area (Å²) in [4.78, 5) is 27.3. The van der Waals surface area contributed by atoms with Gasteiger partial charge in [0.15, 0.2) is 0 Å². The Balaban J connectivity index is 1.62. The van der Waals surface area contributed by atoms with Crippen LogP contribution in [0.1, 0.15) is 52.5 Å². The van der Waals surface area contributed by atoms with E-state index in [4.69, 9.17) is 9.47 Å². The van der Waals surface area contributed by atoms with Gasteiger partial charge in [0.05, 0.1) is 13.2 Å². The molecule has 0 radical (unpaired) electrons. The zero-order valence-corrected chi connectivity index (χ0v) is 16.6. The summed E-state index contributed by atoms with van der Waals surface area (Å²) < 4.78 is 12.5. The molecule has 1 aliphatic carbocycles. The fraction of sp³-hybridized carbons (Fsp3) is 0.700. The summed E-state index contributed by atoms with van der Waals surface area (Å²) >= 11 is 0. The summed E-state index contributed by atoms with van der Waals surface area (Å²) in [5.41, 5.74) is -0.504. The first-order chi connectivity index (χ1) is 12.8. The first-order valence-electron chi connectivity index (χ1n) is 9.86. The SMILES string of the molecule is CC(C)(C)OC(=O)Nc1cccn([C@H]2CC[C@@H](N3CCOCC3)CC2)c1=O. The minimum Gasteiger partial charge on any atom is -0.444 e. The lowest BCUT2D eigenvalue weighted by Crippen LogP contribution is -2.45. The van der Waals surface area contributed by atoms with Crippen LogP contribution in [0.25, 0.3) is 0 Å². The average Bonchev–Trinajstić information content (AvgIpc) is 2.63.